The molecule has 0 aromatic rings. The summed E-state index contributed by atoms with van der Waals surface area (Å²) < 4.78 is 5.61. The quantitative estimate of drug-likeness (QED) is 0.796. The number of nitrogens with one attached hydrogen (secondary N) is 2. The van der Waals surface area contributed by atoms with Crippen LogP contribution in [0.4, 0.5) is 0 Å². The Morgan fingerprint density at radius 2 is 2.16 bits per heavy atom. The first-order chi connectivity index (χ1) is 8.68. The highest BCUT2D eigenvalue weighted by molar-refractivity contribution is 5.85. The van der Waals surface area contributed by atoms with Gasteiger partial charge in [-0.25, -0.2) is 0 Å². The van der Waals surface area contributed by atoms with E-state index in [9.17, 15) is 0 Å². The van der Waals surface area contributed by atoms with E-state index in [0.29, 0.717) is 18.1 Å². The summed E-state index contributed by atoms with van der Waals surface area (Å²) >= 11 is 0. The first kappa shape index (κ1) is 17.2. The Bertz CT molecular complexity index is 247. The van der Waals surface area contributed by atoms with E-state index >= 15 is 0 Å². The molecule has 0 spiro atoms. The molecule has 1 heterocycles. The van der Waals surface area contributed by atoms with E-state index in [1.165, 1.54) is 19.3 Å². The van der Waals surface area contributed by atoms with Gasteiger partial charge >= 0.3 is 0 Å². The van der Waals surface area contributed by atoms with Crippen molar-refractivity contribution >= 4 is 12.4 Å². The van der Waals surface area contributed by atoms with Crippen molar-refractivity contribution in [3.8, 4) is 0 Å². The van der Waals surface area contributed by atoms with Gasteiger partial charge in [0.2, 0.25) is 0 Å². The predicted molar refractivity (Wildman–Crippen MR) is 82.1 cm³/mol. The van der Waals surface area contributed by atoms with E-state index < -0.39 is 0 Å². The molecule has 0 radical (unpaired) electrons. The Morgan fingerprint density at radius 3 is 2.79 bits per heavy atom. The number of halogens is 1. The third-order valence-corrected chi connectivity index (χ3v) is 4.59. The van der Waals surface area contributed by atoms with Gasteiger partial charge in [-0.3, -0.25) is 0 Å². The molecule has 0 aromatic carbocycles. The molecule has 5 heteroatoms. The monoisotopic (exact) mass is 291 g/mol. The van der Waals surface area contributed by atoms with Crippen molar-refractivity contribution in [1.29, 1.82) is 0 Å². The largest absolute Gasteiger partial charge is 0.379 e. The van der Waals surface area contributed by atoms with Crippen LogP contribution in [0.5, 0.6) is 0 Å². The molecule has 2 fully saturated rings. The molecule has 0 aromatic heterocycles. The Morgan fingerprint density at radius 1 is 1.37 bits per heavy atom. The summed E-state index contributed by atoms with van der Waals surface area (Å²) in [5.41, 5.74) is 0. The van der Waals surface area contributed by atoms with Crippen molar-refractivity contribution in [2.24, 2.45) is 5.92 Å². The third kappa shape index (κ3) is 4.87. The fourth-order valence-corrected chi connectivity index (χ4v) is 3.09. The number of morpholine rings is 1. The summed E-state index contributed by atoms with van der Waals surface area (Å²) in [6.07, 6.45) is 4.02. The van der Waals surface area contributed by atoms with Gasteiger partial charge in [0.05, 0.1) is 13.2 Å². The van der Waals surface area contributed by atoms with E-state index in [2.05, 4.69) is 36.6 Å². The van der Waals surface area contributed by atoms with Gasteiger partial charge in [0.15, 0.2) is 0 Å². The zero-order valence-electron chi connectivity index (χ0n) is 12.5. The molecule has 1 saturated carbocycles. The molecule has 2 N–H and O–H groups in total. The van der Waals surface area contributed by atoms with Crippen LogP contribution >= 0.6 is 12.4 Å². The summed E-state index contributed by atoms with van der Waals surface area (Å²) in [7, 11) is 4.30. The minimum absolute atomic E-state index is 0. The van der Waals surface area contributed by atoms with Crippen molar-refractivity contribution < 1.29 is 4.74 Å². The topological polar surface area (TPSA) is 36.5 Å². The van der Waals surface area contributed by atoms with Gasteiger partial charge in [0, 0.05) is 31.2 Å². The molecule has 0 amide bonds. The predicted octanol–water partition coefficient (Wildman–Crippen LogP) is 1.10. The Balaban J connectivity index is 0.00000180. The van der Waals surface area contributed by atoms with Crippen LogP contribution in [0, 0.1) is 5.92 Å². The van der Waals surface area contributed by atoms with Gasteiger partial charge in [-0.1, -0.05) is 6.42 Å². The molecule has 4 nitrogen and oxygen atoms in total. The molecule has 114 valence electrons. The highest BCUT2D eigenvalue weighted by atomic mass is 35.5. The van der Waals surface area contributed by atoms with Crippen LogP contribution in [0.25, 0.3) is 0 Å². The van der Waals surface area contributed by atoms with Crippen LogP contribution in [0.2, 0.25) is 0 Å². The maximum atomic E-state index is 5.61. The standard InChI is InChI=1S/C14H29N3O.ClH/c1-11(17(2)3)9-16-13-6-4-5-12(13)14-10-18-8-7-15-14;/h11-16H,4-10H2,1-3H3;1H. The van der Waals surface area contributed by atoms with Crippen LogP contribution in [0.15, 0.2) is 0 Å². The highest BCUT2D eigenvalue weighted by Gasteiger charge is 2.34. The molecule has 19 heavy (non-hydrogen) atoms. The van der Waals surface area contributed by atoms with Crippen molar-refractivity contribution in [2.45, 2.75) is 44.3 Å². The lowest BCUT2D eigenvalue weighted by Crippen LogP contribution is -2.52. The molecular weight excluding hydrogens is 262 g/mol. The lowest BCUT2D eigenvalue weighted by molar-refractivity contribution is 0.0521. The first-order valence-electron chi connectivity index (χ1n) is 7.39. The maximum Gasteiger partial charge on any atom is 0.0623 e. The van der Waals surface area contributed by atoms with Crippen molar-refractivity contribution in [2.75, 3.05) is 40.4 Å². The highest BCUT2D eigenvalue weighted by Crippen LogP contribution is 2.29. The smallest absolute Gasteiger partial charge is 0.0623 e. The Kier molecular flexibility index (Phi) is 7.62. The van der Waals surface area contributed by atoms with Crippen molar-refractivity contribution in [3.05, 3.63) is 0 Å². The van der Waals surface area contributed by atoms with E-state index in [0.717, 1.165) is 32.2 Å². The number of rotatable bonds is 5. The van der Waals surface area contributed by atoms with E-state index in [1.807, 2.05) is 0 Å². The normalized spacial score (nSPS) is 33.2. The lowest BCUT2D eigenvalue weighted by atomic mass is 9.94. The Labute approximate surface area is 124 Å². The van der Waals surface area contributed by atoms with Crippen molar-refractivity contribution in [3.63, 3.8) is 0 Å². The Hall–Kier alpha value is 0.130. The molecule has 4 atom stereocenters. The minimum atomic E-state index is 0. The zero-order chi connectivity index (χ0) is 13.0. The van der Waals surface area contributed by atoms with Gasteiger partial charge in [-0.15, -0.1) is 12.4 Å². The van der Waals surface area contributed by atoms with Crippen LogP contribution in [-0.2, 0) is 4.74 Å². The lowest BCUT2D eigenvalue weighted by Gasteiger charge is -2.34. The molecule has 1 saturated heterocycles. The molecule has 0 bridgehead atoms. The first-order valence-corrected chi connectivity index (χ1v) is 7.39. The average molecular weight is 292 g/mol. The minimum Gasteiger partial charge on any atom is -0.379 e. The number of likely N-dealkylation sites (N-methyl/N-ethyl adjacent to an activating group) is 1. The molecule has 1 aliphatic carbocycles. The molecule has 2 rings (SSSR count). The number of hydrogen-bond acceptors (Lipinski definition) is 4. The molecular formula is C14H30ClN3O. The number of hydrogen-bond donors (Lipinski definition) is 2. The maximum absolute atomic E-state index is 5.61. The molecule has 4 unspecified atom stereocenters. The number of ether oxygens (including phenoxy) is 1. The second kappa shape index (κ2) is 8.42. The SMILES string of the molecule is CC(CNC1CCCC1C1COCCN1)N(C)C.Cl. The second-order valence-corrected chi connectivity index (χ2v) is 6.06. The molecule has 2 aliphatic rings. The van der Waals surface area contributed by atoms with E-state index in [1.54, 1.807) is 0 Å². The van der Waals surface area contributed by atoms with Crippen LogP contribution in [-0.4, -0.2) is 63.4 Å². The summed E-state index contributed by atoms with van der Waals surface area (Å²) in [5.74, 6) is 0.750. The average Bonchev–Trinajstić information content (AvgIpc) is 2.85. The summed E-state index contributed by atoms with van der Waals surface area (Å²) in [6, 6.07) is 1.84. The van der Waals surface area contributed by atoms with Gasteiger partial charge in [-0.2, -0.15) is 0 Å². The van der Waals surface area contributed by atoms with Gasteiger partial charge in [0.1, 0.15) is 0 Å². The van der Waals surface area contributed by atoms with Gasteiger partial charge in [0.25, 0.3) is 0 Å². The third-order valence-electron chi connectivity index (χ3n) is 4.59. The summed E-state index contributed by atoms with van der Waals surface area (Å²) in [4.78, 5) is 2.28. The van der Waals surface area contributed by atoms with Crippen LogP contribution in [0.3, 0.4) is 0 Å². The zero-order valence-corrected chi connectivity index (χ0v) is 13.3. The fraction of sp³-hybridized carbons (Fsp3) is 1.00. The van der Waals surface area contributed by atoms with E-state index in [4.69, 9.17) is 4.74 Å². The number of nitrogens with zero attached hydrogens (tertiary/aromatic N) is 1. The van der Waals surface area contributed by atoms with Crippen molar-refractivity contribution in [1.82, 2.24) is 15.5 Å². The van der Waals surface area contributed by atoms with Gasteiger partial charge in [-0.05, 0) is 39.8 Å². The second-order valence-electron chi connectivity index (χ2n) is 6.06. The van der Waals surface area contributed by atoms with E-state index in [-0.39, 0.29) is 12.4 Å². The summed E-state index contributed by atoms with van der Waals surface area (Å²) in [5, 5.41) is 7.40. The van der Waals surface area contributed by atoms with Crippen LogP contribution in [0.1, 0.15) is 26.2 Å². The summed E-state index contributed by atoms with van der Waals surface area (Å²) in [6.45, 7) is 6.15. The fourth-order valence-electron chi connectivity index (χ4n) is 3.09. The molecule has 1 aliphatic heterocycles. The van der Waals surface area contributed by atoms with Gasteiger partial charge < -0.3 is 20.3 Å². The van der Waals surface area contributed by atoms with Crippen LogP contribution < -0.4 is 10.6 Å².